The standard InChI is InChI=1S/C15H20O3/c1-4-5-15(16)18-11-10-17-14-8-6-13(7-9-14)12(2)3/h4-9,12H,10-11H2,1-3H3. The molecule has 3 heteroatoms. The van der Waals surface area contributed by atoms with Crippen LogP contribution in [0, 0.1) is 0 Å². The number of allylic oxidation sites excluding steroid dienone is 1. The number of esters is 1. The minimum atomic E-state index is -0.337. The van der Waals surface area contributed by atoms with Crippen molar-refractivity contribution in [1.29, 1.82) is 0 Å². The van der Waals surface area contributed by atoms with Gasteiger partial charge in [-0.2, -0.15) is 0 Å². The van der Waals surface area contributed by atoms with Gasteiger partial charge in [0.2, 0.25) is 0 Å². The first-order valence-electron chi connectivity index (χ1n) is 6.15. The Morgan fingerprint density at radius 2 is 1.89 bits per heavy atom. The summed E-state index contributed by atoms with van der Waals surface area (Å²) in [6.07, 6.45) is 3.03. The maximum atomic E-state index is 11.0. The summed E-state index contributed by atoms with van der Waals surface area (Å²) in [5.74, 6) is 0.971. The van der Waals surface area contributed by atoms with Crippen LogP contribution in [0.5, 0.6) is 5.75 Å². The van der Waals surface area contributed by atoms with Crippen LogP contribution in [0.1, 0.15) is 32.3 Å². The van der Waals surface area contributed by atoms with Crippen molar-refractivity contribution in [3.63, 3.8) is 0 Å². The Morgan fingerprint density at radius 1 is 1.22 bits per heavy atom. The highest BCUT2D eigenvalue weighted by molar-refractivity contribution is 5.81. The van der Waals surface area contributed by atoms with Gasteiger partial charge in [-0.3, -0.25) is 0 Å². The lowest BCUT2D eigenvalue weighted by molar-refractivity contribution is -0.138. The zero-order chi connectivity index (χ0) is 13.4. The summed E-state index contributed by atoms with van der Waals surface area (Å²) in [6, 6.07) is 7.96. The fourth-order valence-corrected chi connectivity index (χ4v) is 1.43. The first-order chi connectivity index (χ1) is 8.63. The topological polar surface area (TPSA) is 35.5 Å². The predicted molar refractivity (Wildman–Crippen MR) is 71.8 cm³/mol. The van der Waals surface area contributed by atoms with E-state index in [2.05, 4.69) is 13.8 Å². The number of hydrogen-bond acceptors (Lipinski definition) is 3. The highest BCUT2D eigenvalue weighted by Gasteiger charge is 2.00. The molecule has 0 aliphatic rings. The van der Waals surface area contributed by atoms with Crippen molar-refractivity contribution in [3.8, 4) is 5.75 Å². The molecule has 98 valence electrons. The van der Waals surface area contributed by atoms with Crippen LogP contribution in [0.4, 0.5) is 0 Å². The van der Waals surface area contributed by atoms with Gasteiger partial charge in [-0.1, -0.05) is 32.1 Å². The molecule has 0 bridgehead atoms. The molecular formula is C15H20O3. The summed E-state index contributed by atoms with van der Waals surface area (Å²) in [6.45, 7) is 6.70. The lowest BCUT2D eigenvalue weighted by Crippen LogP contribution is -2.10. The van der Waals surface area contributed by atoms with E-state index >= 15 is 0 Å². The Kier molecular flexibility index (Phi) is 5.98. The van der Waals surface area contributed by atoms with Crippen LogP contribution >= 0.6 is 0 Å². The van der Waals surface area contributed by atoms with Crippen molar-refractivity contribution in [2.45, 2.75) is 26.7 Å². The quantitative estimate of drug-likeness (QED) is 0.440. The Morgan fingerprint density at radius 3 is 2.44 bits per heavy atom. The van der Waals surface area contributed by atoms with Crippen LogP contribution in [-0.2, 0) is 9.53 Å². The van der Waals surface area contributed by atoms with Gasteiger partial charge in [0.25, 0.3) is 0 Å². The van der Waals surface area contributed by atoms with Crippen molar-refractivity contribution >= 4 is 5.97 Å². The predicted octanol–water partition coefficient (Wildman–Crippen LogP) is 3.31. The molecule has 0 amide bonds. The number of carbonyl (C=O) groups excluding carboxylic acids is 1. The number of ether oxygens (including phenoxy) is 2. The molecule has 0 aliphatic carbocycles. The maximum Gasteiger partial charge on any atom is 0.330 e. The molecule has 0 spiro atoms. The maximum absolute atomic E-state index is 11.0. The summed E-state index contributed by atoms with van der Waals surface area (Å²) < 4.78 is 10.4. The molecule has 0 heterocycles. The smallest absolute Gasteiger partial charge is 0.330 e. The zero-order valence-corrected chi connectivity index (χ0v) is 11.2. The van der Waals surface area contributed by atoms with Crippen LogP contribution in [0.3, 0.4) is 0 Å². The van der Waals surface area contributed by atoms with Gasteiger partial charge in [-0.25, -0.2) is 4.79 Å². The fraction of sp³-hybridized carbons (Fsp3) is 0.400. The van der Waals surface area contributed by atoms with Gasteiger partial charge < -0.3 is 9.47 Å². The molecule has 1 aromatic carbocycles. The van der Waals surface area contributed by atoms with E-state index < -0.39 is 0 Å². The average molecular weight is 248 g/mol. The molecule has 0 atom stereocenters. The van der Waals surface area contributed by atoms with Gasteiger partial charge in [-0.05, 0) is 30.5 Å². The van der Waals surface area contributed by atoms with Crippen LogP contribution in [0.2, 0.25) is 0 Å². The van der Waals surface area contributed by atoms with Gasteiger partial charge in [0.05, 0.1) is 0 Å². The first-order valence-corrected chi connectivity index (χ1v) is 6.15. The Bertz CT molecular complexity index is 391. The van der Waals surface area contributed by atoms with Crippen LogP contribution in [0.15, 0.2) is 36.4 Å². The minimum absolute atomic E-state index is 0.259. The molecule has 0 fully saturated rings. The van der Waals surface area contributed by atoms with Crippen LogP contribution < -0.4 is 4.74 Å². The second-order valence-electron chi connectivity index (χ2n) is 4.24. The van der Waals surface area contributed by atoms with Gasteiger partial charge >= 0.3 is 5.97 Å². The minimum Gasteiger partial charge on any atom is -0.490 e. The zero-order valence-electron chi connectivity index (χ0n) is 11.2. The largest absolute Gasteiger partial charge is 0.490 e. The number of carbonyl (C=O) groups is 1. The monoisotopic (exact) mass is 248 g/mol. The molecule has 0 aromatic heterocycles. The molecule has 0 radical (unpaired) electrons. The van der Waals surface area contributed by atoms with Gasteiger partial charge in [0, 0.05) is 6.08 Å². The summed E-state index contributed by atoms with van der Waals surface area (Å²) in [4.78, 5) is 11.0. The van der Waals surface area contributed by atoms with E-state index in [1.165, 1.54) is 11.6 Å². The van der Waals surface area contributed by atoms with Crippen molar-refractivity contribution in [2.24, 2.45) is 0 Å². The molecule has 0 N–H and O–H groups in total. The highest BCUT2D eigenvalue weighted by Crippen LogP contribution is 2.18. The normalized spacial score (nSPS) is 10.9. The molecule has 0 unspecified atom stereocenters. The summed E-state index contributed by atoms with van der Waals surface area (Å²) in [7, 11) is 0. The molecule has 1 aromatic rings. The van der Waals surface area contributed by atoms with E-state index in [-0.39, 0.29) is 12.6 Å². The van der Waals surface area contributed by atoms with Crippen LogP contribution in [-0.4, -0.2) is 19.2 Å². The van der Waals surface area contributed by atoms with Crippen molar-refractivity contribution < 1.29 is 14.3 Å². The molecule has 3 nitrogen and oxygen atoms in total. The first kappa shape index (κ1) is 14.3. The van der Waals surface area contributed by atoms with Gasteiger partial charge in [0.15, 0.2) is 0 Å². The van der Waals surface area contributed by atoms with Crippen molar-refractivity contribution in [1.82, 2.24) is 0 Å². The third kappa shape index (κ3) is 5.04. The Labute approximate surface area is 108 Å². The second-order valence-corrected chi connectivity index (χ2v) is 4.24. The third-order valence-corrected chi connectivity index (χ3v) is 2.45. The van der Waals surface area contributed by atoms with Crippen molar-refractivity contribution in [2.75, 3.05) is 13.2 Å². The lowest BCUT2D eigenvalue weighted by Gasteiger charge is -2.08. The number of hydrogen-bond donors (Lipinski definition) is 0. The summed E-state index contributed by atoms with van der Waals surface area (Å²) in [5, 5.41) is 0. The fourth-order valence-electron chi connectivity index (χ4n) is 1.43. The number of benzene rings is 1. The Hall–Kier alpha value is -1.77. The van der Waals surface area contributed by atoms with E-state index in [0.29, 0.717) is 12.5 Å². The summed E-state index contributed by atoms with van der Waals surface area (Å²) >= 11 is 0. The van der Waals surface area contributed by atoms with Crippen LogP contribution in [0.25, 0.3) is 0 Å². The average Bonchev–Trinajstić information content (AvgIpc) is 2.35. The van der Waals surface area contributed by atoms with Gasteiger partial charge in [-0.15, -0.1) is 0 Å². The molecule has 18 heavy (non-hydrogen) atoms. The third-order valence-electron chi connectivity index (χ3n) is 2.45. The van der Waals surface area contributed by atoms with E-state index in [1.54, 1.807) is 13.0 Å². The molecule has 0 saturated carbocycles. The Balaban J connectivity index is 2.29. The van der Waals surface area contributed by atoms with E-state index in [0.717, 1.165) is 5.75 Å². The SMILES string of the molecule is CC=CC(=O)OCCOc1ccc(C(C)C)cc1. The molecular weight excluding hydrogens is 228 g/mol. The molecule has 0 aliphatic heterocycles. The summed E-state index contributed by atoms with van der Waals surface area (Å²) in [5.41, 5.74) is 1.28. The van der Waals surface area contributed by atoms with E-state index in [4.69, 9.17) is 9.47 Å². The highest BCUT2D eigenvalue weighted by atomic mass is 16.6. The van der Waals surface area contributed by atoms with E-state index in [9.17, 15) is 4.79 Å². The number of rotatable bonds is 6. The van der Waals surface area contributed by atoms with Gasteiger partial charge in [0.1, 0.15) is 19.0 Å². The second kappa shape index (κ2) is 7.54. The molecule has 1 rings (SSSR count). The lowest BCUT2D eigenvalue weighted by atomic mass is 10.0. The van der Waals surface area contributed by atoms with E-state index in [1.807, 2.05) is 24.3 Å². The van der Waals surface area contributed by atoms with Crippen molar-refractivity contribution in [3.05, 3.63) is 42.0 Å². The molecule has 0 saturated heterocycles.